The van der Waals surface area contributed by atoms with Gasteiger partial charge in [-0.2, -0.15) is 0 Å². The number of nitrogens with one attached hydrogen (secondary N) is 2. The predicted octanol–water partition coefficient (Wildman–Crippen LogP) is 2.73. The molecule has 0 bridgehead atoms. The summed E-state index contributed by atoms with van der Waals surface area (Å²) in [5.74, 6) is 0.576. The van der Waals surface area contributed by atoms with Gasteiger partial charge in [0.25, 0.3) is 11.8 Å². The number of aromatic nitrogens is 1. The second-order valence-corrected chi connectivity index (χ2v) is 7.04. The average molecular weight is 355 g/mol. The summed E-state index contributed by atoms with van der Waals surface area (Å²) in [6.07, 6.45) is 3.37. The van der Waals surface area contributed by atoms with Crippen molar-refractivity contribution in [1.29, 1.82) is 0 Å². The molecule has 0 saturated carbocycles. The zero-order valence-electron chi connectivity index (χ0n) is 15.0. The highest BCUT2D eigenvalue weighted by Gasteiger charge is 2.17. The molecule has 1 aromatic carbocycles. The van der Waals surface area contributed by atoms with Crippen LogP contribution in [0.2, 0.25) is 0 Å². The molecule has 1 aliphatic heterocycles. The number of rotatable bonds is 4. The standard InChI is InChI=1S/C19H21N3O4/c1-19(2,3)12-6-14(9-20-8-12)25-10-17(23)21-13-4-5-16-15(7-13)22-18(24)11-26-16/h4-9H,10-11H2,1-3H3,(H,21,23)(H,22,24). The first-order valence-electron chi connectivity index (χ1n) is 8.26. The third-order valence-electron chi connectivity index (χ3n) is 3.85. The summed E-state index contributed by atoms with van der Waals surface area (Å²) in [6.45, 7) is 6.10. The molecule has 7 heteroatoms. The van der Waals surface area contributed by atoms with Crippen molar-refractivity contribution < 1.29 is 19.1 Å². The van der Waals surface area contributed by atoms with E-state index in [1.54, 1.807) is 30.6 Å². The van der Waals surface area contributed by atoms with E-state index in [0.29, 0.717) is 22.9 Å². The lowest BCUT2D eigenvalue weighted by Gasteiger charge is -2.19. The SMILES string of the molecule is CC(C)(C)c1cncc(OCC(=O)Nc2ccc3c(c2)NC(=O)CO3)c1. The van der Waals surface area contributed by atoms with Gasteiger partial charge < -0.3 is 20.1 Å². The Labute approximate surface area is 151 Å². The smallest absolute Gasteiger partial charge is 0.262 e. The molecule has 2 heterocycles. The van der Waals surface area contributed by atoms with Crippen molar-refractivity contribution in [3.63, 3.8) is 0 Å². The van der Waals surface area contributed by atoms with Crippen LogP contribution in [0.5, 0.6) is 11.5 Å². The summed E-state index contributed by atoms with van der Waals surface area (Å²) in [5, 5.41) is 5.43. The van der Waals surface area contributed by atoms with Crippen molar-refractivity contribution in [3.8, 4) is 11.5 Å². The minimum absolute atomic E-state index is 0.00574. The molecule has 0 spiro atoms. The highest BCUT2D eigenvalue weighted by atomic mass is 16.5. The molecular weight excluding hydrogens is 334 g/mol. The monoisotopic (exact) mass is 355 g/mol. The van der Waals surface area contributed by atoms with Crippen LogP contribution in [0.3, 0.4) is 0 Å². The molecule has 7 nitrogen and oxygen atoms in total. The van der Waals surface area contributed by atoms with Gasteiger partial charge in [0, 0.05) is 11.9 Å². The Balaban J connectivity index is 1.60. The summed E-state index contributed by atoms with van der Waals surface area (Å²) < 4.78 is 10.8. The van der Waals surface area contributed by atoms with Gasteiger partial charge in [0.05, 0.1) is 11.9 Å². The normalized spacial score (nSPS) is 13.3. The Morgan fingerprint density at radius 2 is 2.12 bits per heavy atom. The van der Waals surface area contributed by atoms with Crippen molar-refractivity contribution in [3.05, 3.63) is 42.2 Å². The number of amides is 2. The van der Waals surface area contributed by atoms with Crippen molar-refractivity contribution >= 4 is 23.2 Å². The Bertz CT molecular complexity index is 843. The molecule has 2 amide bonds. The van der Waals surface area contributed by atoms with Gasteiger partial charge in [-0.25, -0.2) is 0 Å². The lowest BCUT2D eigenvalue weighted by molar-refractivity contribution is -0.119. The lowest BCUT2D eigenvalue weighted by atomic mass is 9.88. The van der Waals surface area contributed by atoms with Crippen LogP contribution in [-0.4, -0.2) is 30.0 Å². The molecular formula is C19H21N3O4. The van der Waals surface area contributed by atoms with Crippen LogP contribution in [0.15, 0.2) is 36.7 Å². The Morgan fingerprint density at radius 1 is 1.31 bits per heavy atom. The number of carbonyl (C=O) groups is 2. The van der Waals surface area contributed by atoms with Crippen LogP contribution in [0.1, 0.15) is 26.3 Å². The number of hydrogen-bond donors (Lipinski definition) is 2. The van der Waals surface area contributed by atoms with E-state index in [0.717, 1.165) is 5.56 Å². The van der Waals surface area contributed by atoms with Crippen LogP contribution < -0.4 is 20.1 Å². The summed E-state index contributed by atoms with van der Waals surface area (Å²) in [4.78, 5) is 27.6. The minimum Gasteiger partial charge on any atom is -0.482 e. The van der Waals surface area contributed by atoms with E-state index in [1.807, 2.05) is 6.07 Å². The van der Waals surface area contributed by atoms with Gasteiger partial charge in [0.2, 0.25) is 0 Å². The molecule has 0 aliphatic carbocycles. The maximum absolute atomic E-state index is 12.1. The summed E-state index contributed by atoms with van der Waals surface area (Å²) in [6, 6.07) is 6.93. The van der Waals surface area contributed by atoms with E-state index >= 15 is 0 Å². The number of benzene rings is 1. The van der Waals surface area contributed by atoms with Gasteiger partial charge in [-0.15, -0.1) is 0 Å². The van der Waals surface area contributed by atoms with Gasteiger partial charge in [-0.3, -0.25) is 14.6 Å². The number of ether oxygens (including phenoxy) is 2. The molecule has 1 aliphatic rings. The van der Waals surface area contributed by atoms with Crippen molar-refractivity contribution in [2.45, 2.75) is 26.2 Å². The number of hydrogen-bond acceptors (Lipinski definition) is 5. The maximum atomic E-state index is 12.1. The largest absolute Gasteiger partial charge is 0.482 e. The van der Waals surface area contributed by atoms with E-state index in [1.165, 1.54) is 0 Å². The van der Waals surface area contributed by atoms with Crippen molar-refractivity contribution in [1.82, 2.24) is 4.98 Å². The van der Waals surface area contributed by atoms with Gasteiger partial charge in [0.1, 0.15) is 11.5 Å². The zero-order chi connectivity index (χ0) is 18.7. The minimum atomic E-state index is -0.311. The predicted molar refractivity (Wildman–Crippen MR) is 97.6 cm³/mol. The molecule has 2 aromatic rings. The van der Waals surface area contributed by atoms with Gasteiger partial charge in [0.15, 0.2) is 13.2 Å². The molecule has 0 radical (unpaired) electrons. The first-order valence-corrected chi connectivity index (χ1v) is 8.26. The fourth-order valence-corrected chi connectivity index (χ4v) is 2.41. The van der Waals surface area contributed by atoms with Crippen LogP contribution in [0, 0.1) is 0 Å². The molecule has 0 atom stereocenters. The molecule has 1 aromatic heterocycles. The van der Waals surface area contributed by atoms with Crippen LogP contribution in [0.4, 0.5) is 11.4 Å². The third kappa shape index (κ3) is 4.30. The van der Waals surface area contributed by atoms with Crippen LogP contribution in [0.25, 0.3) is 0 Å². The molecule has 0 fully saturated rings. The molecule has 26 heavy (non-hydrogen) atoms. The van der Waals surface area contributed by atoms with E-state index in [9.17, 15) is 9.59 Å². The van der Waals surface area contributed by atoms with Crippen molar-refractivity contribution in [2.24, 2.45) is 0 Å². The average Bonchev–Trinajstić information content (AvgIpc) is 2.59. The second-order valence-electron chi connectivity index (χ2n) is 7.04. The van der Waals surface area contributed by atoms with E-state index in [-0.39, 0.29) is 30.4 Å². The topological polar surface area (TPSA) is 89.5 Å². The number of pyridine rings is 1. The van der Waals surface area contributed by atoms with E-state index in [4.69, 9.17) is 9.47 Å². The Morgan fingerprint density at radius 3 is 2.88 bits per heavy atom. The number of fused-ring (bicyclic) bond motifs is 1. The zero-order valence-corrected chi connectivity index (χ0v) is 15.0. The third-order valence-corrected chi connectivity index (χ3v) is 3.85. The van der Waals surface area contributed by atoms with Gasteiger partial charge in [-0.05, 0) is 35.2 Å². The number of anilines is 2. The first-order chi connectivity index (χ1) is 12.3. The quantitative estimate of drug-likeness (QED) is 0.880. The Hall–Kier alpha value is -3.09. The van der Waals surface area contributed by atoms with Gasteiger partial charge >= 0.3 is 0 Å². The summed E-state index contributed by atoms with van der Waals surface area (Å²) in [5.41, 5.74) is 2.05. The Kier molecular flexibility index (Phi) is 4.79. The highest BCUT2D eigenvalue weighted by molar-refractivity contribution is 5.97. The van der Waals surface area contributed by atoms with Gasteiger partial charge in [-0.1, -0.05) is 20.8 Å². The lowest BCUT2D eigenvalue weighted by Crippen LogP contribution is -2.25. The van der Waals surface area contributed by atoms with Crippen molar-refractivity contribution in [2.75, 3.05) is 23.8 Å². The van der Waals surface area contributed by atoms with Crippen LogP contribution >= 0.6 is 0 Å². The fraction of sp³-hybridized carbons (Fsp3) is 0.316. The molecule has 136 valence electrons. The summed E-state index contributed by atoms with van der Waals surface area (Å²) in [7, 11) is 0. The molecule has 2 N–H and O–H groups in total. The molecule has 0 saturated heterocycles. The van der Waals surface area contributed by atoms with Crippen LogP contribution in [-0.2, 0) is 15.0 Å². The van der Waals surface area contributed by atoms with E-state index < -0.39 is 0 Å². The van der Waals surface area contributed by atoms with E-state index in [2.05, 4.69) is 36.4 Å². The number of carbonyl (C=O) groups excluding carboxylic acids is 2. The summed E-state index contributed by atoms with van der Waals surface area (Å²) >= 11 is 0. The molecule has 3 rings (SSSR count). The fourth-order valence-electron chi connectivity index (χ4n) is 2.41. The molecule has 0 unspecified atom stereocenters. The number of nitrogens with zero attached hydrogens (tertiary/aromatic N) is 1. The highest BCUT2D eigenvalue weighted by Crippen LogP contribution is 2.30. The second kappa shape index (κ2) is 7.03. The maximum Gasteiger partial charge on any atom is 0.262 e. The first kappa shape index (κ1) is 17.7.